The van der Waals surface area contributed by atoms with Gasteiger partial charge in [-0.1, -0.05) is 20.8 Å². The molecule has 5 heteroatoms. The molecule has 2 rings (SSSR count). The molecule has 2 saturated heterocycles. The number of guanidine groups is 1. The van der Waals surface area contributed by atoms with Crippen LogP contribution in [0.4, 0.5) is 0 Å². The molecule has 3 atom stereocenters. The lowest BCUT2D eigenvalue weighted by atomic mass is 9.88. The highest BCUT2D eigenvalue weighted by Crippen LogP contribution is 2.27. The van der Waals surface area contributed by atoms with Crippen molar-refractivity contribution in [1.29, 1.82) is 0 Å². The first-order valence-corrected chi connectivity index (χ1v) is 9.84. The van der Waals surface area contributed by atoms with Gasteiger partial charge in [-0.15, -0.1) is 0 Å². The smallest absolute Gasteiger partial charge is 0.188 e. The van der Waals surface area contributed by atoms with Crippen LogP contribution in [0.2, 0.25) is 0 Å². The first kappa shape index (κ1) is 19.5. The van der Waals surface area contributed by atoms with E-state index in [0.717, 1.165) is 31.5 Å². The fourth-order valence-corrected chi connectivity index (χ4v) is 4.36. The van der Waals surface area contributed by atoms with Crippen LogP contribution >= 0.6 is 0 Å². The fourth-order valence-electron chi connectivity index (χ4n) is 4.36. The predicted octanol–water partition coefficient (Wildman–Crippen LogP) is 2.13. The van der Waals surface area contributed by atoms with E-state index in [2.05, 4.69) is 54.7 Å². The van der Waals surface area contributed by atoms with Crippen molar-refractivity contribution in [2.75, 3.05) is 39.3 Å². The van der Waals surface area contributed by atoms with E-state index in [0.29, 0.717) is 12.0 Å². The topological polar surface area (TPSA) is 56.9 Å². The molecule has 0 radical (unpaired) electrons. The normalized spacial score (nSPS) is 30.7. The average Bonchev–Trinajstić information content (AvgIpc) is 2.97. The maximum Gasteiger partial charge on any atom is 0.188 e. The third-order valence-corrected chi connectivity index (χ3v) is 5.79. The second-order valence-corrected chi connectivity index (χ2v) is 8.67. The minimum Gasteiger partial charge on any atom is -0.370 e. The number of aliphatic imine (C=N–C) groups is 1. The molecular formula is C19H39N5. The van der Waals surface area contributed by atoms with Gasteiger partial charge in [-0.05, 0) is 58.0 Å². The van der Waals surface area contributed by atoms with E-state index in [1.54, 1.807) is 0 Å². The van der Waals surface area contributed by atoms with Crippen LogP contribution in [-0.4, -0.2) is 66.6 Å². The summed E-state index contributed by atoms with van der Waals surface area (Å²) in [7, 11) is 0. The van der Waals surface area contributed by atoms with Crippen LogP contribution in [-0.2, 0) is 0 Å². The van der Waals surface area contributed by atoms with Gasteiger partial charge in [0.2, 0.25) is 0 Å². The average molecular weight is 338 g/mol. The van der Waals surface area contributed by atoms with Gasteiger partial charge in [0.05, 0.1) is 6.54 Å². The lowest BCUT2D eigenvalue weighted by Gasteiger charge is -2.44. The number of likely N-dealkylation sites (N-methyl/N-ethyl adjacent to an activating group) is 1. The number of hydrogen-bond acceptors (Lipinski definition) is 3. The van der Waals surface area contributed by atoms with E-state index >= 15 is 0 Å². The third-order valence-electron chi connectivity index (χ3n) is 5.79. The van der Waals surface area contributed by atoms with Crippen molar-refractivity contribution in [3.8, 4) is 0 Å². The zero-order chi connectivity index (χ0) is 17.7. The molecular weight excluding hydrogens is 298 g/mol. The number of piperidine rings is 1. The van der Waals surface area contributed by atoms with Gasteiger partial charge in [-0.25, -0.2) is 0 Å². The van der Waals surface area contributed by atoms with Crippen LogP contribution in [0.5, 0.6) is 0 Å². The van der Waals surface area contributed by atoms with Crippen molar-refractivity contribution in [2.24, 2.45) is 22.6 Å². The molecule has 0 bridgehead atoms. The molecule has 0 aromatic heterocycles. The highest BCUT2D eigenvalue weighted by atomic mass is 15.2. The first-order chi connectivity index (χ1) is 11.3. The summed E-state index contributed by atoms with van der Waals surface area (Å²) in [5.74, 6) is 2.15. The molecule has 2 aliphatic rings. The highest BCUT2D eigenvalue weighted by molar-refractivity contribution is 5.77. The van der Waals surface area contributed by atoms with Crippen molar-refractivity contribution in [1.82, 2.24) is 15.1 Å². The Bertz CT molecular complexity index is 410. The predicted molar refractivity (Wildman–Crippen MR) is 103 cm³/mol. The summed E-state index contributed by atoms with van der Waals surface area (Å²) >= 11 is 0. The molecule has 0 saturated carbocycles. The quantitative estimate of drug-likeness (QED) is 0.576. The maximum atomic E-state index is 6.13. The molecule has 3 unspecified atom stereocenters. The van der Waals surface area contributed by atoms with Gasteiger partial charge in [0.1, 0.15) is 0 Å². The summed E-state index contributed by atoms with van der Waals surface area (Å²) < 4.78 is 0. The van der Waals surface area contributed by atoms with Crippen LogP contribution in [0.15, 0.2) is 4.99 Å². The van der Waals surface area contributed by atoms with E-state index in [1.165, 1.54) is 38.9 Å². The van der Waals surface area contributed by atoms with Crippen molar-refractivity contribution >= 4 is 5.96 Å². The first-order valence-electron chi connectivity index (χ1n) is 9.84. The zero-order valence-electron chi connectivity index (χ0n) is 16.5. The highest BCUT2D eigenvalue weighted by Gasteiger charge is 2.32. The Hall–Kier alpha value is -0.810. The molecule has 24 heavy (non-hydrogen) atoms. The van der Waals surface area contributed by atoms with E-state index in [4.69, 9.17) is 5.73 Å². The zero-order valence-corrected chi connectivity index (χ0v) is 16.5. The van der Waals surface area contributed by atoms with Crippen molar-refractivity contribution in [3.05, 3.63) is 0 Å². The molecule has 0 aromatic rings. The van der Waals surface area contributed by atoms with Crippen molar-refractivity contribution in [2.45, 2.75) is 65.5 Å². The third kappa shape index (κ3) is 5.35. The Morgan fingerprint density at radius 2 is 1.92 bits per heavy atom. The Labute approximate surface area is 149 Å². The molecule has 2 aliphatic heterocycles. The molecule has 0 amide bonds. The second kappa shape index (κ2) is 8.52. The fraction of sp³-hybridized carbons (Fsp3) is 0.947. The molecule has 2 fully saturated rings. The Kier molecular flexibility index (Phi) is 6.93. The van der Waals surface area contributed by atoms with E-state index in [9.17, 15) is 0 Å². The SMILES string of the molecule is CCN1CCCC1CNC(N)=NCC(C)(C)N1CC(C)CC(C)C1. The number of hydrogen-bond donors (Lipinski definition) is 2. The van der Waals surface area contributed by atoms with Gasteiger partial charge in [0.15, 0.2) is 5.96 Å². The lowest BCUT2D eigenvalue weighted by molar-refractivity contribution is 0.0513. The summed E-state index contributed by atoms with van der Waals surface area (Å²) in [5.41, 5.74) is 6.20. The lowest BCUT2D eigenvalue weighted by Crippen LogP contribution is -2.53. The molecule has 0 aliphatic carbocycles. The number of nitrogens with one attached hydrogen (secondary N) is 1. The van der Waals surface area contributed by atoms with E-state index in [-0.39, 0.29) is 5.54 Å². The van der Waals surface area contributed by atoms with E-state index in [1.807, 2.05) is 0 Å². The van der Waals surface area contributed by atoms with Gasteiger partial charge in [-0.3, -0.25) is 14.8 Å². The number of rotatable bonds is 6. The monoisotopic (exact) mass is 337 g/mol. The summed E-state index contributed by atoms with van der Waals surface area (Å²) in [6.07, 6.45) is 3.91. The van der Waals surface area contributed by atoms with Gasteiger partial charge in [0.25, 0.3) is 0 Å². The molecule has 0 spiro atoms. The Balaban J connectivity index is 1.81. The van der Waals surface area contributed by atoms with E-state index < -0.39 is 0 Å². The van der Waals surface area contributed by atoms with Crippen LogP contribution < -0.4 is 11.1 Å². The summed E-state index contributed by atoms with van der Waals surface area (Å²) in [6, 6.07) is 0.612. The van der Waals surface area contributed by atoms with Gasteiger partial charge in [-0.2, -0.15) is 0 Å². The largest absolute Gasteiger partial charge is 0.370 e. The Morgan fingerprint density at radius 3 is 2.54 bits per heavy atom. The second-order valence-electron chi connectivity index (χ2n) is 8.67. The molecule has 3 N–H and O–H groups in total. The standard InChI is InChI=1S/C19H39N5/c1-6-23-9-7-8-17(23)11-21-18(20)22-14-19(4,5)24-12-15(2)10-16(3)13-24/h15-17H,6-14H2,1-5H3,(H3,20,21,22). The Morgan fingerprint density at radius 1 is 1.25 bits per heavy atom. The minimum atomic E-state index is 0.0675. The summed E-state index contributed by atoms with van der Waals surface area (Å²) in [4.78, 5) is 9.78. The number of nitrogens with zero attached hydrogens (tertiary/aromatic N) is 3. The number of nitrogens with two attached hydrogens (primary N) is 1. The van der Waals surface area contributed by atoms with Gasteiger partial charge < -0.3 is 11.1 Å². The summed E-state index contributed by atoms with van der Waals surface area (Å²) in [6.45, 7) is 17.9. The molecule has 140 valence electrons. The van der Waals surface area contributed by atoms with Crippen LogP contribution in [0.25, 0.3) is 0 Å². The van der Waals surface area contributed by atoms with Crippen LogP contribution in [0.3, 0.4) is 0 Å². The van der Waals surface area contributed by atoms with Gasteiger partial charge >= 0.3 is 0 Å². The van der Waals surface area contributed by atoms with Gasteiger partial charge in [0, 0.05) is 31.2 Å². The number of likely N-dealkylation sites (tertiary alicyclic amines) is 2. The van der Waals surface area contributed by atoms with Crippen LogP contribution in [0, 0.1) is 11.8 Å². The minimum absolute atomic E-state index is 0.0675. The van der Waals surface area contributed by atoms with Crippen LogP contribution in [0.1, 0.15) is 53.9 Å². The van der Waals surface area contributed by atoms with Crippen molar-refractivity contribution < 1.29 is 0 Å². The molecule has 0 aromatic carbocycles. The molecule has 2 heterocycles. The molecule has 5 nitrogen and oxygen atoms in total. The van der Waals surface area contributed by atoms with Crippen molar-refractivity contribution in [3.63, 3.8) is 0 Å². The maximum absolute atomic E-state index is 6.13. The summed E-state index contributed by atoms with van der Waals surface area (Å²) in [5, 5.41) is 3.35.